The highest BCUT2D eigenvalue weighted by molar-refractivity contribution is 5.83. The fraction of sp³-hybridized carbons (Fsp3) is 0.174. The van der Waals surface area contributed by atoms with Crippen molar-refractivity contribution in [3.63, 3.8) is 0 Å². The van der Waals surface area contributed by atoms with Gasteiger partial charge in [-0.05, 0) is 49.2 Å². The molecular formula is C23H21N3O2. The van der Waals surface area contributed by atoms with E-state index in [4.69, 9.17) is 14.5 Å². The first-order valence-electron chi connectivity index (χ1n) is 9.41. The number of imidazole rings is 1. The zero-order valence-corrected chi connectivity index (χ0v) is 15.9. The molecule has 0 amide bonds. The van der Waals surface area contributed by atoms with Gasteiger partial charge in [-0.1, -0.05) is 24.3 Å². The molecular weight excluding hydrogens is 350 g/mol. The van der Waals surface area contributed by atoms with E-state index in [0.29, 0.717) is 13.2 Å². The van der Waals surface area contributed by atoms with Crippen LogP contribution in [0.3, 0.4) is 0 Å². The van der Waals surface area contributed by atoms with Gasteiger partial charge in [0.15, 0.2) is 11.5 Å². The summed E-state index contributed by atoms with van der Waals surface area (Å²) in [6, 6.07) is 18.3. The molecule has 0 fully saturated rings. The lowest BCUT2D eigenvalue weighted by atomic mass is 10.00. The molecule has 0 saturated heterocycles. The molecule has 1 N–H and O–H groups in total. The van der Waals surface area contributed by atoms with E-state index in [0.717, 1.165) is 39.9 Å². The maximum absolute atomic E-state index is 5.74. The van der Waals surface area contributed by atoms with E-state index >= 15 is 0 Å². The first-order chi connectivity index (χ1) is 13.7. The van der Waals surface area contributed by atoms with Crippen LogP contribution >= 0.6 is 0 Å². The molecule has 0 spiro atoms. The fourth-order valence-electron chi connectivity index (χ4n) is 3.74. The zero-order valence-electron chi connectivity index (χ0n) is 15.9. The summed E-state index contributed by atoms with van der Waals surface area (Å²) >= 11 is 0. The van der Waals surface area contributed by atoms with Crippen LogP contribution in [0.15, 0.2) is 60.8 Å². The number of hydrogen-bond acceptors (Lipinski definition) is 4. The first kappa shape index (κ1) is 16.7. The van der Waals surface area contributed by atoms with Crippen molar-refractivity contribution < 1.29 is 9.47 Å². The number of anilines is 2. The molecule has 4 aromatic rings. The summed E-state index contributed by atoms with van der Waals surface area (Å²) in [6.45, 7) is 5.41. The fourth-order valence-corrected chi connectivity index (χ4v) is 3.74. The summed E-state index contributed by atoms with van der Waals surface area (Å²) in [5.74, 6) is 2.48. The lowest BCUT2D eigenvalue weighted by molar-refractivity contribution is 0.171. The molecule has 0 atom stereocenters. The molecule has 3 heterocycles. The van der Waals surface area contributed by atoms with Crippen LogP contribution in [0.4, 0.5) is 11.5 Å². The van der Waals surface area contributed by atoms with E-state index in [2.05, 4.69) is 41.8 Å². The molecule has 2 aromatic heterocycles. The molecule has 0 unspecified atom stereocenters. The van der Waals surface area contributed by atoms with Crippen LogP contribution in [0, 0.1) is 13.8 Å². The third-order valence-corrected chi connectivity index (χ3v) is 5.05. The second kappa shape index (κ2) is 6.60. The average Bonchev–Trinajstić information content (AvgIpc) is 3.06. The summed E-state index contributed by atoms with van der Waals surface area (Å²) in [7, 11) is 0. The Labute approximate surface area is 163 Å². The number of fused-ring (bicyclic) bond motifs is 2. The maximum Gasteiger partial charge on any atom is 0.163 e. The van der Waals surface area contributed by atoms with Gasteiger partial charge < -0.3 is 14.8 Å². The standard InChI is InChI=1S/C23H21N3O2/c1-15-6-5-7-16(2)21(15)22-23(26-11-4-3-8-20(26)25-22)24-17-9-10-18-19(14-17)28-13-12-27-18/h3-11,14,24H,12-13H2,1-2H3. The number of benzene rings is 2. The molecule has 1 aliphatic heterocycles. The minimum atomic E-state index is 0.569. The highest BCUT2D eigenvalue weighted by atomic mass is 16.6. The number of ether oxygens (including phenoxy) is 2. The molecule has 2 aromatic carbocycles. The molecule has 0 bridgehead atoms. The molecule has 0 aliphatic carbocycles. The summed E-state index contributed by atoms with van der Waals surface area (Å²) in [5, 5.41) is 3.56. The van der Waals surface area contributed by atoms with Gasteiger partial charge >= 0.3 is 0 Å². The van der Waals surface area contributed by atoms with Crippen molar-refractivity contribution in [3.05, 3.63) is 71.9 Å². The Bertz CT molecular complexity index is 1160. The van der Waals surface area contributed by atoms with Crippen molar-refractivity contribution >= 4 is 17.2 Å². The van der Waals surface area contributed by atoms with Crippen LogP contribution in [-0.2, 0) is 0 Å². The van der Waals surface area contributed by atoms with Gasteiger partial charge in [0, 0.05) is 23.5 Å². The van der Waals surface area contributed by atoms with E-state index < -0.39 is 0 Å². The molecule has 5 rings (SSSR count). The van der Waals surface area contributed by atoms with Gasteiger partial charge in [-0.2, -0.15) is 0 Å². The van der Waals surface area contributed by atoms with Crippen LogP contribution < -0.4 is 14.8 Å². The van der Waals surface area contributed by atoms with Crippen LogP contribution in [-0.4, -0.2) is 22.6 Å². The lowest BCUT2D eigenvalue weighted by Gasteiger charge is -2.19. The molecule has 0 saturated carbocycles. The van der Waals surface area contributed by atoms with E-state index in [9.17, 15) is 0 Å². The lowest BCUT2D eigenvalue weighted by Crippen LogP contribution is -2.15. The maximum atomic E-state index is 5.74. The SMILES string of the molecule is Cc1cccc(C)c1-c1nc2ccccn2c1Nc1ccc2c(c1)OCCO2. The highest BCUT2D eigenvalue weighted by Gasteiger charge is 2.19. The molecule has 5 nitrogen and oxygen atoms in total. The summed E-state index contributed by atoms with van der Waals surface area (Å²) in [6.07, 6.45) is 2.03. The van der Waals surface area contributed by atoms with Crippen molar-refractivity contribution in [1.29, 1.82) is 0 Å². The minimum absolute atomic E-state index is 0.569. The van der Waals surface area contributed by atoms with Gasteiger partial charge in [-0.15, -0.1) is 0 Å². The minimum Gasteiger partial charge on any atom is -0.486 e. The molecule has 28 heavy (non-hydrogen) atoms. The van der Waals surface area contributed by atoms with Gasteiger partial charge in [0.05, 0.1) is 0 Å². The Morgan fingerprint density at radius 2 is 1.68 bits per heavy atom. The topological polar surface area (TPSA) is 47.8 Å². The van der Waals surface area contributed by atoms with E-state index in [1.54, 1.807) is 0 Å². The number of rotatable bonds is 3. The quantitative estimate of drug-likeness (QED) is 0.542. The van der Waals surface area contributed by atoms with Gasteiger partial charge in [0.2, 0.25) is 0 Å². The van der Waals surface area contributed by atoms with Crippen molar-refractivity contribution in [2.45, 2.75) is 13.8 Å². The normalized spacial score (nSPS) is 12.9. The highest BCUT2D eigenvalue weighted by Crippen LogP contribution is 2.37. The average molecular weight is 371 g/mol. The van der Waals surface area contributed by atoms with E-state index in [1.807, 2.05) is 42.6 Å². The third-order valence-electron chi connectivity index (χ3n) is 5.05. The van der Waals surface area contributed by atoms with E-state index in [-0.39, 0.29) is 0 Å². The largest absolute Gasteiger partial charge is 0.486 e. The predicted octanol–water partition coefficient (Wildman–Crippen LogP) is 5.13. The van der Waals surface area contributed by atoms with Crippen LogP contribution in [0.5, 0.6) is 11.5 Å². The van der Waals surface area contributed by atoms with Crippen LogP contribution in [0.2, 0.25) is 0 Å². The number of aryl methyl sites for hydroxylation is 2. The van der Waals surface area contributed by atoms with Crippen LogP contribution in [0.25, 0.3) is 16.9 Å². The van der Waals surface area contributed by atoms with Gasteiger partial charge in [0.1, 0.15) is 30.4 Å². The number of pyridine rings is 1. The first-order valence-corrected chi connectivity index (χ1v) is 9.41. The summed E-state index contributed by atoms with van der Waals surface area (Å²) in [5.41, 5.74) is 6.34. The molecule has 140 valence electrons. The number of nitrogens with one attached hydrogen (secondary N) is 1. The smallest absolute Gasteiger partial charge is 0.163 e. The molecule has 0 radical (unpaired) electrons. The van der Waals surface area contributed by atoms with Gasteiger partial charge in [-0.25, -0.2) is 4.98 Å². The molecule has 5 heteroatoms. The second-order valence-electron chi connectivity index (χ2n) is 6.99. The van der Waals surface area contributed by atoms with Gasteiger partial charge in [-0.3, -0.25) is 4.40 Å². The summed E-state index contributed by atoms with van der Waals surface area (Å²) < 4.78 is 13.5. The van der Waals surface area contributed by atoms with Crippen molar-refractivity contribution in [2.75, 3.05) is 18.5 Å². The van der Waals surface area contributed by atoms with Crippen LogP contribution in [0.1, 0.15) is 11.1 Å². The second-order valence-corrected chi connectivity index (χ2v) is 6.99. The Balaban J connectivity index is 1.66. The van der Waals surface area contributed by atoms with E-state index in [1.165, 1.54) is 11.1 Å². The Morgan fingerprint density at radius 1 is 0.893 bits per heavy atom. The number of nitrogens with zero attached hydrogens (tertiary/aromatic N) is 2. The Morgan fingerprint density at radius 3 is 2.50 bits per heavy atom. The number of aromatic nitrogens is 2. The van der Waals surface area contributed by atoms with Crippen molar-refractivity contribution in [1.82, 2.24) is 9.38 Å². The third kappa shape index (κ3) is 2.76. The summed E-state index contributed by atoms with van der Waals surface area (Å²) in [4.78, 5) is 4.93. The Kier molecular flexibility index (Phi) is 3.93. The monoisotopic (exact) mass is 371 g/mol. The van der Waals surface area contributed by atoms with Crippen molar-refractivity contribution in [3.8, 4) is 22.8 Å². The molecule has 1 aliphatic rings. The van der Waals surface area contributed by atoms with Crippen molar-refractivity contribution in [2.24, 2.45) is 0 Å². The van der Waals surface area contributed by atoms with Gasteiger partial charge in [0.25, 0.3) is 0 Å². The number of hydrogen-bond donors (Lipinski definition) is 1. The predicted molar refractivity (Wildman–Crippen MR) is 111 cm³/mol. The Hall–Kier alpha value is -3.47. The zero-order chi connectivity index (χ0) is 19.1.